The zero-order chi connectivity index (χ0) is 18.5. The number of thiazole rings is 1. The highest BCUT2D eigenvalue weighted by atomic mass is 32.1. The number of nitrogens with zero attached hydrogens (tertiary/aromatic N) is 2. The van der Waals surface area contributed by atoms with E-state index >= 15 is 0 Å². The van der Waals surface area contributed by atoms with Gasteiger partial charge >= 0.3 is 0 Å². The molecule has 1 amide bonds. The van der Waals surface area contributed by atoms with Crippen molar-refractivity contribution >= 4 is 27.5 Å². The molecular formula is C19H18F2N2O2S. The second-order valence-corrected chi connectivity index (χ2v) is 6.70. The Morgan fingerprint density at radius 2 is 2.00 bits per heavy atom. The Balaban J connectivity index is 1.82. The van der Waals surface area contributed by atoms with Crippen molar-refractivity contribution in [3.8, 4) is 5.75 Å². The van der Waals surface area contributed by atoms with Crippen LogP contribution >= 0.6 is 11.3 Å². The molecule has 4 nitrogen and oxygen atoms in total. The van der Waals surface area contributed by atoms with Crippen LogP contribution < -0.4 is 9.54 Å². The summed E-state index contributed by atoms with van der Waals surface area (Å²) >= 11 is 1.10. The van der Waals surface area contributed by atoms with E-state index in [4.69, 9.17) is 4.74 Å². The van der Waals surface area contributed by atoms with E-state index in [9.17, 15) is 13.6 Å². The van der Waals surface area contributed by atoms with Crippen LogP contribution in [0.3, 0.4) is 0 Å². The monoisotopic (exact) mass is 376 g/mol. The minimum Gasteiger partial charge on any atom is -0.493 e. The third-order valence-corrected chi connectivity index (χ3v) is 4.72. The molecule has 0 atom stereocenters. The molecule has 1 heterocycles. The highest BCUT2D eigenvalue weighted by Crippen LogP contribution is 2.22. The number of fused-ring (bicyclic) bond motifs is 1. The van der Waals surface area contributed by atoms with Crippen LogP contribution in [0.1, 0.15) is 19.8 Å². The van der Waals surface area contributed by atoms with Gasteiger partial charge in [-0.05, 0) is 24.6 Å². The predicted molar refractivity (Wildman–Crippen MR) is 97.1 cm³/mol. The lowest BCUT2D eigenvalue weighted by Gasteiger charge is -2.04. The van der Waals surface area contributed by atoms with E-state index in [1.165, 1.54) is 6.07 Å². The summed E-state index contributed by atoms with van der Waals surface area (Å²) in [6.07, 6.45) is 0.841. The molecule has 0 saturated heterocycles. The first-order valence-electron chi connectivity index (χ1n) is 8.32. The van der Waals surface area contributed by atoms with E-state index in [0.29, 0.717) is 21.8 Å². The number of carbonyl (C=O) groups excluding carboxylic acids is 1. The van der Waals surface area contributed by atoms with Crippen molar-refractivity contribution in [3.63, 3.8) is 0 Å². The van der Waals surface area contributed by atoms with Crippen molar-refractivity contribution in [1.82, 2.24) is 4.57 Å². The smallest absolute Gasteiger partial charge is 0.251 e. The molecule has 0 spiro atoms. The summed E-state index contributed by atoms with van der Waals surface area (Å²) in [4.78, 5) is 16.6. The summed E-state index contributed by atoms with van der Waals surface area (Å²) < 4.78 is 35.2. The van der Waals surface area contributed by atoms with Gasteiger partial charge in [-0.15, -0.1) is 0 Å². The average molecular weight is 376 g/mol. The van der Waals surface area contributed by atoms with Gasteiger partial charge in [0.2, 0.25) is 0 Å². The number of aromatic nitrogens is 1. The maximum Gasteiger partial charge on any atom is 0.251 e. The lowest BCUT2D eigenvalue weighted by molar-refractivity contribution is -0.118. The van der Waals surface area contributed by atoms with Gasteiger partial charge in [-0.1, -0.05) is 36.5 Å². The fraction of sp³-hybridized carbons (Fsp3) is 0.263. The molecule has 0 N–H and O–H groups in total. The first-order chi connectivity index (χ1) is 12.6. The number of aryl methyl sites for hydroxylation is 1. The minimum atomic E-state index is -0.647. The van der Waals surface area contributed by atoms with Gasteiger partial charge in [-0.2, -0.15) is 4.99 Å². The third-order valence-electron chi connectivity index (χ3n) is 3.69. The van der Waals surface area contributed by atoms with Crippen molar-refractivity contribution in [2.75, 3.05) is 6.61 Å². The third kappa shape index (κ3) is 4.16. The van der Waals surface area contributed by atoms with Crippen molar-refractivity contribution in [3.05, 3.63) is 58.9 Å². The Morgan fingerprint density at radius 3 is 2.73 bits per heavy atom. The van der Waals surface area contributed by atoms with Gasteiger partial charge < -0.3 is 9.30 Å². The lowest BCUT2D eigenvalue weighted by atomic mass is 10.3. The van der Waals surface area contributed by atoms with Crippen molar-refractivity contribution < 1.29 is 18.3 Å². The molecule has 0 unspecified atom stereocenters. The maximum absolute atomic E-state index is 14.2. The highest BCUT2D eigenvalue weighted by molar-refractivity contribution is 7.16. The Morgan fingerprint density at radius 1 is 1.23 bits per heavy atom. The van der Waals surface area contributed by atoms with E-state index in [2.05, 4.69) is 4.99 Å². The number of hydrogen-bond acceptors (Lipinski definition) is 3. The van der Waals surface area contributed by atoms with Crippen molar-refractivity contribution in [1.29, 1.82) is 0 Å². The van der Waals surface area contributed by atoms with Gasteiger partial charge in [-0.3, -0.25) is 4.79 Å². The Kier molecular flexibility index (Phi) is 5.78. The molecular weight excluding hydrogens is 358 g/mol. The van der Waals surface area contributed by atoms with Crippen LogP contribution in [0, 0.1) is 11.6 Å². The van der Waals surface area contributed by atoms with Crippen molar-refractivity contribution in [2.24, 2.45) is 4.99 Å². The van der Waals surface area contributed by atoms with Gasteiger partial charge in [0.1, 0.15) is 11.6 Å². The van der Waals surface area contributed by atoms with E-state index in [1.807, 2.05) is 25.1 Å². The normalized spacial score (nSPS) is 11.9. The van der Waals surface area contributed by atoms with Gasteiger partial charge in [0.15, 0.2) is 10.6 Å². The largest absolute Gasteiger partial charge is 0.493 e. The van der Waals surface area contributed by atoms with Crippen LogP contribution in [0.25, 0.3) is 10.2 Å². The quantitative estimate of drug-likeness (QED) is 0.644. The van der Waals surface area contributed by atoms with E-state index < -0.39 is 11.6 Å². The Labute approximate surface area is 153 Å². The molecule has 2 aromatic carbocycles. The molecule has 0 aliphatic heterocycles. The second-order valence-electron chi connectivity index (χ2n) is 5.69. The average Bonchev–Trinajstić information content (AvgIpc) is 2.93. The number of hydrogen-bond donors (Lipinski definition) is 0. The van der Waals surface area contributed by atoms with Crippen LogP contribution in [0.2, 0.25) is 0 Å². The number of carbonyl (C=O) groups is 1. The van der Waals surface area contributed by atoms with Crippen LogP contribution in [0.4, 0.5) is 8.78 Å². The Hall–Kier alpha value is -2.54. The van der Waals surface area contributed by atoms with Crippen LogP contribution in [-0.2, 0) is 11.3 Å². The van der Waals surface area contributed by atoms with Crippen LogP contribution in [0.5, 0.6) is 5.75 Å². The summed E-state index contributed by atoms with van der Waals surface area (Å²) in [5.41, 5.74) is 0.283. The molecule has 0 saturated carbocycles. The zero-order valence-electron chi connectivity index (χ0n) is 14.2. The molecule has 3 rings (SSSR count). The summed E-state index contributed by atoms with van der Waals surface area (Å²) in [7, 11) is 0. The highest BCUT2D eigenvalue weighted by Gasteiger charge is 2.13. The summed E-state index contributed by atoms with van der Waals surface area (Å²) in [5.74, 6) is -0.973. The molecule has 7 heteroatoms. The number of rotatable bonds is 6. The van der Waals surface area contributed by atoms with Gasteiger partial charge in [0.05, 0.1) is 23.2 Å². The second kappa shape index (κ2) is 8.23. The molecule has 26 heavy (non-hydrogen) atoms. The van der Waals surface area contributed by atoms with Crippen LogP contribution in [0.15, 0.2) is 47.5 Å². The number of para-hydroxylation sites is 1. The van der Waals surface area contributed by atoms with Gasteiger partial charge in [0.25, 0.3) is 5.91 Å². The van der Waals surface area contributed by atoms with Crippen LogP contribution in [-0.4, -0.2) is 17.1 Å². The fourth-order valence-electron chi connectivity index (χ4n) is 2.58. The molecule has 3 aromatic rings. The standard InChI is InChI=1S/C19H18F2N2O2S/c1-2-9-23-18-15(21)11-13(20)12-16(18)26-19(23)22-17(24)8-10-25-14-6-4-3-5-7-14/h3-7,11-12H,2,8-10H2,1H3. The molecule has 0 radical (unpaired) electrons. The Bertz CT molecular complexity index is 980. The molecule has 136 valence electrons. The number of amides is 1. The van der Waals surface area contributed by atoms with E-state index in [-0.39, 0.29) is 24.5 Å². The van der Waals surface area contributed by atoms with Gasteiger partial charge in [0, 0.05) is 12.6 Å². The van der Waals surface area contributed by atoms with E-state index in [1.54, 1.807) is 16.7 Å². The van der Waals surface area contributed by atoms with E-state index in [0.717, 1.165) is 23.8 Å². The molecule has 0 aliphatic rings. The van der Waals surface area contributed by atoms with Gasteiger partial charge in [-0.25, -0.2) is 8.78 Å². The molecule has 0 aliphatic carbocycles. The maximum atomic E-state index is 14.2. The molecule has 0 fully saturated rings. The predicted octanol–water partition coefficient (Wildman–Crippen LogP) is 4.29. The molecule has 1 aromatic heterocycles. The molecule has 0 bridgehead atoms. The fourth-order valence-corrected chi connectivity index (χ4v) is 3.69. The topological polar surface area (TPSA) is 43.6 Å². The summed E-state index contributed by atoms with van der Waals surface area (Å²) in [6, 6.07) is 11.3. The first-order valence-corrected chi connectivity index (χ1v) is 9.14. The van der Waals surface area contributed by atoms with Crippen molar-refractivity contribution in [2.45, 2.75) is 26.3 Å². The number of benzene rings is 2. The SMILES string of the molecule is CCCn1c(=NC(=O)CCOc2ccccc2)sc2cc(F)cc(F)c21. The zero-order valence-corrected chi connectivity index (χ0v) is 15.1. The lowest BCUT2D eigenvalue weighted by Crippen LogP contribution is -2.18. The summed E-state index contributed by atoms with van der Waals surface area (Å²) in [5, 5.41) is 0. The minimum absolute atomic E-state index is 0.103. The first kappa shape index (κ1) is 18.3. The number of ether oxygens (including phenoxy) is 1. The summed E-state index contributed by atoms with van der Waals surface area (Å²) in [6.45, 7) is 2.64. The number of halogens is 2.